The van der Waals surface area contributed by atoms with Gasteiger partial charge in [-0.25, -0.2) is 8.78 Å². The third-order valence-electron chi connectivity index (χ3n) is 2.68. The van der Waals surface area contributed by atoms with Gasteiger partial charge in [0.25, 0.3) is 0 Å². The molecule has 0 saturated heterocycles. The molecule has 2 aromatic carbocycles. The van der Waals surface area contributed by atoms with Gasteiger partial charge in [0.05, 0.1) is 4.47 Å². The summed E-state index contributed by atoms with van der Waals surface area (Å²) >= 11 is 8.82. The van der Waals surface area contributed by atoms with Crippen LogP contribution < -0.4 is 5.32 Å². The van der Waals surface area contributed by atoms with Crippen LogP contribution in [0.2, 0.25) is 5.02 Å². The van der Waals surface area contributed by atoms with Crippen LogP contribution in [0.4, 0.5) is 8.78 Å². The topological polar surface area (TPSA) is 12.0 Å². The maximum absolute atomic E-state index is 13.7. The Morgan fingerprint density at radius 2 is 1.68 bits per heavy atom. The molecule has 0 aliphatic rings. The fraction of sp³-hybridized carbons (Fsp3) is 0.143. The smallest absolute Gasteiger partial charge is 0.144 e. The molecule has 0 aliphatic carbocycles. The Bertz CT molecular complexity index is 572. The Labute approximate surface area is 123 Å². The second-order valence-corrected chi connectivity index (χ2v) is 5.34. The lowest BCUT2D eigenvalue weighted by molar-refractivity contribution is 0.532. The van der Waals surface area contributed by atoms with Crippen molar-refractivity contribution >= 4 is 27.5 Å². The molecule has 0 heterocycles. The fourth-order valence-electron chi connectivity index (χ4n) is 1.67. The standard InChI is InChI=1S/C14H11BrClF2N/c15-12-5-6-13(17)11(14(12)18)8-19-7-9-1-3-10(16)4-2-9/h1-6,19H,7-8H2. The minimum atomic E-state index is -0.566. The van der Waals surface area contributed by atoms with Gasteiger partial charge < -0.3 is 5.32 Å². The largest absolute Gasteiger partial charge is 0.308 e. The molecule has 2 aromatic rings. The van der Waals surface area contributed by atoms with Gasteiger partial charge in [-0.15, -0.1) is 0 Å². The summed E-state index contributed by atoms with van der Waals surface area (Å²) in [5, 5.41) is 3.66. The molecule has 0 aliphatic heterocycles. The van der Waals surface area contributed by atoms with E-state index in [0.717, 1.165) is 5.56 Å². The first-order valence-corrected chi connectivity index (χ1v) is 6.82. The van der Waals surface area contributed by atoms with Crippen molar-refractivity contribution in [3.05, 3.63) is 68.7 Å². The Morgan fingerprint density at radius 3 is 2.37 bits per heavy atom. The summed E-state index contributed by atoms with van der Waals surface area (Å²) in [6.45, 7) is 0.641. The zero-order chi connectivity index (χ0) is 13.8. The van der Waals surface area contributed by atoms with Gasteiger partial charge in [0.1, 0.15) is 11.6 Å². The molecule has 0 unspecified atom stereocenters. The van der Waals surface area contributed by atoms with Crippen molar-refractivity contribution in [2.24, 2.45) is 0 Å². The summed E-state index contributed by atoms with van der Waals surface area (Å²) in [7, 11) is 0. The van der Waals surface area contributed by atoms with Crippen LogP contribution in [0.3, 0.4) is 0 Å². The van der Waals surface area contributed by atoms with E-state index >= 15 is 0 Å². The maximum atomic E-state index is 13.7. The van der Waals surface area contributed by atoms with Gasteiger partial charge >= 0.3 is 0 Å². The first kappa shape index (κ1) is 14.4. The Balaban J connectivity index is 2.00. The van der Waals surface area contributed by atoms with Crippen molar-refractivity contribution in [2.45, 2.75) is 13.1 Å². The van der Waals surface area contributed by atoms with Crippen LogP contribution in [-0.2, 0) is 13.1 Å². The van der Waals surface area contributed by atoms with Gasteiger partial charge in [-0.2, -0.15) is 0 Å². The molecule has 2 rings (SSSR count). The van der Waals surface area contributed by atoms with E-state index in [0.29, 0.717) is 11.6 Å². The van der Waals surface area contributed by atoms with Crippen molar-refractivity contribution in [2.75, 3.05) is 0 Å². The lowest BCUT2D eigenvalue weighted by Crippen LogP contribution is -2.15. The highest BCUT2D eigenvalue weighted by molar-refractivity contribution is 9.10. The average Bonchev–Trinajstić information content (AvgIpc) is 2.40. The Morgan fingerprint density at radius 1 is 1.00 bits per heavy atom. The predicted octanol–water partition coefficient (Wildman–Crippen LogP) is 4.67. The summed E-state index contributed by atoms with van der Waals surface area (Å²) in [6, 6.07) is 9.88. The number of hydrogen-bond acceptors (Lipinski definition) is 1. The molecule has 19 heavy (non-hydrogen) atoms. The first-order valence-electron chi connectivity index (χ1n) is 5.65. The van der Waals surface area contributed by atoms with Gasteiger partial charge in [-0.3, -0.25) is 0 Å². The van der Waals surface area contributed by atoms with Crippen LogP contribution in [0, 0.1) is 11.6 Å². The van der Waals surface area contributed by atoms with Crippen molar-refractivity contribution < 1.29 is 8.78 Å². The SMILES string of the molecule is Fc1ccc(Br)c(F)c1CNCc1ccc(Cl)cc1. The molecule has 100 valence electrons. The highest BCUT2D eigenvalue weighted by Gasteiger charge is 2.11. The molecule has 0 saturated carbocycles. The highest BCUT2D eigenvalue weighted by Crippen LogP contribution is 2.21. The maximum Gasteiger partial charge on any atom is 0.144 e. The molecule has 1 N–H and O–H groups in total. The Hall–Kier alpha value is -0.970. The number of hydrogen-bond donors (Lipinski definition) is 1. The summed E-state index contributed by atoms with van der Waals surface area (Å²) in [6.07, 6.45) is 0. The molecule has 0 fully saturated rings. The lowest BCUT2D eigenvalue weighted by Gasteiger charge is -2.08. The molecular formula is C14H11BrClF2N. The molecule has 0 bridgehead atoms. The summed E-state index contributed by atoms with van der Waals surface area (Å²) in [5.41, 5.74) is 1.03. The molecule has 1 nitrogen and oxygen atoms in total. The molecular weight excluding hydrogens is 336 g/mol. The minimum absolute atomic E-state index is 0.0309. The third kappa shape index (κ3) is 3.75. The molecule has 0 amide bonds. The minimum Gasteiger partial charge on any atom is -0.308 e. The van der Waals surface area contributed by atoms with Crippen molar-refractivity contribution in [3.63, 3.8) is 0 Å². The summed E-state index contributed by atoms with van der Waals surface area (Å²) in [4.78, 5) is 0. The number of rotatable bonds is 4. The molecule has 0 spiro atoms. The van der Waals surface area contributed by atoms with E-state index < -0.39 is 11.6 Å². The van der Waals surface area contributed by atoms with E-state index in [1.807, 2.05) is 12.1 Å². The van der Waals surface area contributed by atoms with Crippen LogP contribution in [-0.4, -0.2) is 0 Å². The molecule has 0 radical (unpaired) electrons. The van der Waals surface area contributed by atoms with Crippen LogP contribution in [0.1, 0.15) is 11.1 Å². The zero-order valence-electron chi connectivity index (χ0n) is 9.89. The van der Waals surface area contributed by atoms with Gasteiger partial charge in [0.2, 0.25) is 0 Å². The zero-order valence-corrected chi connectivity index (χ0v) is 12.2. The van der Waals surface area contributed by atoms with Crippen LogP contribution in [0.5, 0.6) is 0 Å². The quantitative estimate of drug-likeness (QED) is 0.793. The van der Waals surface area contributed by atoms with Gasteiger partial charge in [0.15, 0.2) is 0 Å². The predicted molar refractivity (Wildman–Crippen MR) is 76.1 cm³/mol. The second kappa shape index (κ2) is 6.46. The first-order chi connectivity index (χ1) is 9.08. The van der Waals surface area contributed by atoms with E-state index in [4.69, 9.17) is 11.6 Å². The average molecular weight is 347 g/mol. The lowest BCUT2D eigenvalue weighted by atomic mass is 10.2. The van der Waals surface area contributed by atoms with Crippen LogP contribution >= 0.6 is 27.5 Å². The van der Waals surface area contributed by atoms with E-state index in [9.17, 15) is 8.78 Å². The monoisotopic (exact) mass is 345 g/mol. The van der Waals surface area contributed by atoms with Crippen LogP contribution in [0.15, 0.2) is 40.9 Å². The van der Waals surface area contributed by atoms with Gasteiger partial charge in [-0.1, -0.05) is 23.7 Å². The highest BCUT2D eigenvalue weighted by atomic mass is 79.9. The molecule has 0 aromatic heterocycles. The number of halogens is 4. The van der Waals surface area contributed by atoms with Gasteiger partial charge in [-0.05, 0) is 45.8 Å². The number of nitrogens with one attached hydrogen (secondary N) is 1. The van der Waals surface area contributed by atoms with E-state index in [2.05, 4.69) is 21.2 Å². The van der Waals surface area contributed by atoms with Gasteiger partial charge in [0, 0.05) is 23.7 Å². The van der Waals surface area contributed by atoms with E-state index in [1.54, 1.807) is 12.1 Å². The van der Waals surface area contributed by atoms with Crippen molar-refractivity contribution in [1.82, 2.24) is 5.32 Å². The molecule has 5 heteroatoms. The normalized spacial score (nSPS) is 10.7. The Kier molecular flexibility index (Phi) is 4.91. The summed E-state index contributed by atoms with van der Waals surface area (Å²) in [5.74, 6) is -1.12. The number of benzene rings is 2. The van der Waals surface area contributed by atoms with E-state index in [1.165, 1.54) is 12.1 Å². The summed E-state index contributed by atoms with van der Waals surface area (Å²) < 4.78 is 27.4. The third-order valence-corrected chi connectivity index (χ3v) is 3.55. The van der Waals surface area contributed by atoms with E-state index in [-0.39, 0.29) is 16.6 Å². The van der Waals surface area contributed by atoms with Crippen LogP contribution in [0.25, 0.3) is 0 Å². The van der Waals surface area contributed by atoms with Crippen molar-refractivity contribution in [1.29, 1.82) is 0 Å². The fourth-order valence-corrected chi connectivity index (χ4v) is 2.16. The second-order valence-electron chi connectivity index (χ2n) is 4.05. The van der Waals surface area contributed by atoms with Crippen molar-refractivity contribution in [3.8, 4) is 0 Å². The molecule has 0 atom stereocenters.